The highest BCUT2D eigenvalue weighted by atomic mass is 32.1. The minimum absolute atomic E-state index is 0.233. The lowest BCUT2D eigenvalue weighted by Crippen LogP contribution is -2.34. The lowest BCUT2D eigenvalue weighted by Gasteiger charge is -2.12. The van der Waals surface area contributed by atoms with Gasteiger partial charge in [-0.25, -0.2) is 4.79 Å². The molecule has 2 N–H and O–H groups in total. The molecule has 0 aromatic heterocycles. The van der Waals surface area contributed by atoms with Gasteiger partial charge in [0, 0.05) is 5.69 Å². The first kappa shape index (κ1) is 13.4. The van der Waals surface area contributed by atoms with Gasteiger partial charge in [-0.1, -0.05) is 12.1 Å². The van der Waals surface area contributed by atoms with Crippen LogP contribution in [-0.2, 0) is 4.74 Å². The maximum atomic E-state index is 11.1. The largest absolute Gasteiger partial charge is 0.450 e. The molecule has 1 amide bonds. The van der Waals surface area contributed by atoms with E-state index >= 15 is 0 Å². The first-order valence-electron chi connectivity index (χ1n) is 5.35. The van der Waals surface area contributed by atoms with E-state index in [9.17, 15) is 4.79 Å². The summed E-state index contributed by atoms with van der Waals surface area (Å²) in [6.07, 6.45) is -0.546. The van der Waals surface area contributed by atoms with Crippen molar-refractivity contribution in [1.82, 2.24) is 5.32 Å². The van der Waals surface area contributed by atoms with Gasteiger partial charge in [-0.05, 0) is 50.2 Å². The minimum Gasteiger partial charge on any atom is -0.450 e. The molecule has 92 valence electrons. The highest BCUT2D eigenvalue weighted by Gasteiger charge is 2.06. The number of aryl methyl sites for hydroxylation is 2. The number of hydrogen-bond acceptors (Lipinski definition) is 3. The van der Waals surface area contributed by atoms with Gasteiger partial charge in [0.05, 0.1) is 6.61 Å². The molecular formula is C12H16N2O2S. The Bertz CT molecular complexity index is 433. The van der Waals surface area contributed by atoms with Gasteiger partial charge in [0.1, 0.15) is 0 Å². The Labute approximate surface area is 106 Å². The van der Waals surface area contributed by atoms with Crippen molar-refractivity contribution in [2.45, 2.75) is 20.8 Å². The second kappa shape index (κ2) is 6.20. The molecule has 0 aliphatic rings. The Morgan fingerprint density at radius 1 is 1.41 bits per heavy atom. The van der Waals surface area contributed by atoms with E-state index in [0.717, 1.165) is 16.8 Å². The summed E-state index contributed by atoms with van der Waals surface area (Å²) in [6.45, 7) is 6.01. The van der Waals surface area contributed by atoms with Gasteiger partial charge in [0.15, 0.2) is 5.11 Å². The van der Waals surface area contributed by atoms with E-state index in [1.807, 2.05) is 32.0 Å². The van der Waals surface area contributed by atoms with Crippen LogP contribution in [-0.4, -0.2) is 17.8 Å². The minimum atomic E-state index is -0.546. The van der Waals surface area contributed by atoms with Crippen LogP contribution in [0.4, 0.5) is 10.5 Å². The number of ether oxygens (including phenoxy) is 1. The van der Waals surface area contributed by atoms with Gasteiger partial charge in [-0.2, -0.15) is 0 Å². The fraction of sp³-hybridized carbons (Fsp3) is 0.333. The molecule has 1 aromatic carbocycles. The number of anilines is 1. The molecule has 0 bridgehead atoms. The molecule has 0 aliphatic carbocycles. The monoisotopic (exact) mass is 252 g/mol. The van der Waals surface area contributed by atoms with E-state index in [2.05, 4.69) is 10.6 Å². The van der Waals surface area contributed by atoms with E-state index in [1.165, 1.54) is 0 Å². The van der Waals surface area contributed by atoms with Gasteiger partial charge in [0.2, 0.25) is 0 Å². The Morgan fingerprint density at radius 2 is 2.12 bits per heavy atom. The number of hydrogen-bond donors (Lipinski definition) is 2. The van der Waals surface area contributed by atoms with Crippen LogP contribution in [0.2, 0.25) is 0 Å². The van der Waals surface area contributed by atoms with Crippen LogP contribution in [0.3, 0.4) is 0 Å². The molecule has 0 aliphatic heterocycles. The average molecular weight is 252 g/mol. The van der Waals surface area contributed by atoms with Crippen molar-refractivity contribution in [3.05, 3.63) is 29.3 Å². The van der Waals surface area contributed by atoms with Crippen LogP contribution in [0.1, 0.15) is 18.1 Å². The Balaban J connectivity index is 2.62. The fourth-order valence-electron chi connectivity index (χ4n) is 1.28. The maximum absolute atomic E-state index is 11.1. The molecule has 1 rings (SSSR count). The third kappa shape index (κ3) is 4.40. The number of amides is 1. The second-order valence-electron chi connectivity index (χ2n) is 3.62. The van der Waals surface area contributed by atoms with Crippen molar-refractivity contribution in [3.8, 4) is 0 Å². The molecule has 0 unspecified atom stereocenters. The molecule has 0 saturated carbocycles. The van der Waals surface area contributed by atoms with Crippen LogP contribution >= 0.6 is 12.2 Å². The third-order valence-electron chi connectivity index (χ3n) is 2.13. The van der Waals surface area contributed by atoms with Crippen LogP contribution in [0, 0.1) is 13.8 Å². The van der Waals surface area contributed by atoms with Crippen molar-refractivity contribution >= 4 is 29.1 Å². The molecule has 0 saturated heterocycles. The van der Waals surface area contributed by atoms with E-state index in [1.54, 1.807) is 6.92 Å². The van der Waals surface area contributed by atoms with E-state index in [-0.39, 0.29) is 5.11 Å². The SMILES string of the molecule is CCOC(=O)NC(=S)Nc1cc(C)ccc1C. The zero-order valence-corrected chi connectivity index (χ0v) is 11.0. The number of benzene rings is 1. The zero-order valence-electron chi connectivity index (χ0n) is 10.2. The van der Waals surface area contributed by atoms with E-state index in [0.29, 0.717) is 6.61 Å². The van der Waals surface area contributed by atoms with Crippen molar-refractivity contribution in [2.75, 3.05) is 11.9 Å². The molecule has 0 heterocycles. The summed E-state index contributed by atoms with van der Waals surface area (Å²) in [5.41, 5.74) is 3.06. The maximum Gasteiger partial charge on any atom is 0.413 e. The smallest absolute Gasteiger partial charge is 0.413 e. The third-order valence-corrected chi connectivity index (χ3v) is 2.34. The van der Waals surface area contributed by atoms with Crippen molar-refractivity contribution < 1.29 is 9.53 Å². The Kier molecular flexibility index (Phi) is 4.90. The highest BCUT2D eigenvalue weighted by Crippen LogP contribution is 2.15. The summed E-state index contributed by atoms with van der Waals surface area (Å²) in [4.78, 5) is 11.1. The number of nitrogens with one attached hydrogen (secondary N) is 2. The molecule has 1 aromatic rings. The van der Waals surface area contributed by atoms with Gasteiger partial charge in [0.25, 0.3) is 0 Å². The fourth-order valence-corrected chi connectivity index (χ4v) is 1.48. The quantitative estimate of drug-likeness (QED) is 0.795. The zero-order chi connectivity index (χ0) is 12.8. The van der Waals surface area contributed by atoms with Crippen LogP contribution in [0.25, 0.3) is 0 Å². The Hall–Kier alpha value is -1.62. The van der Waals surface area contributed by atoms with Crippen molar-refractivity contribution in [1.29, 1.82) is 0 Å². The summed E-state index contributed by atoms with van der Waals surface area (Å²) in [7, 11) is 0. The molecular weight excluding hydrogens is 236 g/mol. The lowest BCUT2D eigenvalue weighted by molar-refractivity contribution is 0.158. The summed E-state index contributed by atoms with van der Waals surface area (Å²) in [5, 5.41) is 5.63. The van der Waals surface area contributed by atoms with Gasteiger partial charge < -0.3 is 10.1 Å². The van der Waals surface area contributed by atoms with E-state index in [4.69, 9.17) is 17.0 Å². The van der Waals surface area contributed by atoms with Crippen molar-refractivity contribution in [3.63, 3.8) is 0 Å². The number of rotatable bonds is 2. The van der Waals surface area contributed by atoms with Gasteiger partial charge in [-0.15, -0.1) is 0 Å². The molecule has 4 nitrogen and oxygen atoms in total. The second-order valence-corrected chi connectivity index (χ2v) is 4.03. The first-order chi connectivity index (χ1) is 8.02. The van der Waals surface area contributed by atoms with Gasteiger partial charge in [-0.3, -0.25) is 5.32 Å². The first-order valence-corrected chi connectivity index (χ1v) is 5.75. The summed E-state index contributed by atoms with van der Waals surface area (Å²) >= 11 is 5.01. The normalized spacial score (nSPS) is 9.59. The highest BCUT2D eigenvalue weighted by molar-refractivity contribution is 7.80. The van der Waals surface area contributed by atoms with Crippen molar-refractivity contribution in [2.24, 2.45) is 0 Å². The van der Waals surface area contributed by atoms with Crippen LogP contribution in [0.15, 0.2) is 18.2 Å². The molecule has 0 fully saturated rings. The Morgan fingerprint density at radius 3 is 2.76 bits per heavy atom. The number of carbonyl (C=O) groups is 1. The number of thiocarbonyl (C=S) groups is 1. The molecule has 0 spiro atoms. The van der Waals surface area contributed by atoms with Gasteiger partial charge >= 0.3 is 6.09 Å². The predicted molar refractivity (Wildman–Crippen MR) is 72.3 cm³/mol. The standard InChI is InChI=1S/C12H16N2O2S/c1-4-16-12(15)14-11(17)13-10-7-8(2)5-6-9(10)3/h5-7H,4H2,1-3H3,(H2,13,14,15,17). The molecule has 0 atom stereocenters. The predicted octanol–water partition coefficient (Wildman–Crippen LogP) is 2.75. The summed E-state index contributed by atoms with van der Waals surface area (Å²) in [5.74, 6) is 0. The summed E-state index contributed by atoms with van der Waals surface area (Å²) in [6, 6.07) is 5.97. The molecule has 5 heteroatoms. The van der Waals surface area contributed by atoms with Crippen LogP contribution in [0.5, 0.6) is 0 Å². The summed E-state index contributed by atoms with van der Waals surface area (Å²) < 4.78 is 4.73. The lowest BCUT2D eigenvalue weighted by atomic mass is 10.1. The molecule has 17 heavy (non-hydrogen) atoms. The van der Waals surface area contributed by atoms with Crippen LogP contribution < -0.4 is 10.6 Å². The average Bonchev–Trinajstić information content (AvgIpc) is 2.23. The topological polar surface area (TPSA) is 50.4 Å². The van der Waals surface area contributed by atoms with E-state index < -0.39 is 6.09 Å². The number of alkyl carbamates (subject to hydrolysis) is 1. The number of carbonyl (C=O) groups excluding carboxylic acids is 1. The molecule has 0 radical (unpaired) electrons.